The number of carbonyl (C=O) groups is 3. The van der Waals surface area contributed by atoms with E-state index in [1.165, 1.54) is 12.1 Å². The molecule has 0 bridgehead atoms. The summed E-state index contributed by atoms with van der Waals surface area (Å²) in [6, 6.07) is 1.94. The summed E-state index contributed by atoms with van der Waals surface area (Å²) >= 11 is 17.7. The molecule has 0 aliphatic carbocycles. The summed E-state index contributed by atoms with van der Waals surface area (Å²) in [7, 11) is 0. The van der Waals surface area contributed by atoms with Crippen molar-refractivity contribution < 1.29 is 27.6 Å². The van der Waals surface area contributed by atoms with Crippen molar-refractivity contribution in [3.05, 3.63) is 56.3 Å². The van der Waals surface area contributed by atoms with Gasteiger partial charge in [0.25, 0.3) is 11.8 Å². The molecule has 2 aromatic rings. The number of hydrogen-bond acceptors (Lipinski definition) is 4. The Morgan fingerprint density at radius 2 is 1.72 bits per heavy atom. The number of nitrogens with one attached hydrogen (secondary N) is 3. The number of anilines is 1. The lowest BCUT2D eigenvalue weighted by Crippen LogP contribution is -2.36. The number of rotatable bonds is 6. The summed E-state index contributed by atoms with van der Waals surface area (Å²) in [5, 5.41) is 6.22. The highest BCUT2D eigenvalue weighted by atomic mass is 35.5. The molecule has 13 heteroatoms. The van der Waals surface area contributed by atoms with E-state index in [1.54, 1.807) is 0 Å². The highest BCUT2D eigenvalue weighted by Gasteiger charge is 2.32. The number of alkyl halides is 3. The van der Waals surface area contributed by atoms with Crippen molar-refractivity contribution in [1.82, 2.24) is 15.6 Å². The van der Waals surface area contributed by atoms with Crippen LogP contribution in [0.3, 0.4) is 0 Å². The number of halogens is 6. The number of hydrogen-bond donors (Lipinski definition) is 3. The van der Waals surface area contributed by atoms with Crippen molar-refractivity contribution in [2.45, 2.75) is 25.9 Å². The molecule has 1 aromatic heterocycles. The first-order valence-electron chi connectivity index (χ1n) is 9.06. The zero-order chi connectivity index (χ0) is 24.1. The first-order chi connectivity index (χ1) is 14.9. The largest absolute Gasteiger partial charge is 0.417 e. The highest BCUT2D eigenvalue weighted by Crippen LogP contribution is 2.32. The van der Waals surface area contributed by atoms with Crippen LogP contribution in [0.15, 0.2) is 24.4 Å². The Morgan fingerprint density at radius 3 is 2.31 bits per heavy atom. The Balaban J connectivity index is 2.19. The van der Waals surface area contributed by atoms with Gasteiger partial charge in [0.05, 0.1) is 26.9 Å². The zero-order valence-electron chi connectivity index (χ0n) is 16.4. The average molecular weight is 512 g/mol. The van der Waals surface area contributed by atoms with Gasteiger partial charge in [0.15, 0.2) is 0 Å². The molecule has 0 fully saturated rings. The van der Waals surface area contributed by atoms with E-state index in [4.69, 9.17) is 34.8 Å². The maximum absolute atomic E-state index is 12.7. The maximum Gasteiger partial charge on any atom is 0.417 e. The lowest BCUT2D eigenvalue weighted by Gasteiger charge is -2.14. The van der Waals surface area contributed by atoms with E-state index >= 15 is 0 Å². The van der Waals surface area contributed by atoms with Gasteiger partial charge >= 0.3 is 12.2 Å². The molecule has 0 saturated heterocycles. The van der Waals surface area contributed by atoms with Crippen LogP contribution in [0, 0.1) is 0 Å². The number of urea groups is 1. The van der Waals surface area contributed by atoms with Gasteiger partial charge in [-0.15, -0.1) is 0 Å². The normalized spacial score (nSPS) is 11.1. The van der Waals surface area contributed by atoms with Gasteiger partial charge in [-0.05, 0) is 24.6 Å². The number of imide groups is 1. The third-order valence-corrected chi connectivity index (χ3v) is 4.77. The van der Waals surface area contributed by atoms with Crippen molar-refractivity contribution in [3.63, 3.8) is 0 Å². The molecule has 2 rings (SSSR count). The Hall–Kier alpha value is -2.56. The monoisotopic (exact) mass is 510 g/mol. The quantitative estimate of drug-likeness (QED) is 0.443. The number of nitrogens with zero attached hydrogens (tertiary/aromatic N) is 1. The van der Waals surface area contributed by atoms with E-state index < -0.39 is 40.3 Å². The van der Waals surface area contributed by atoms with Crippen LogP contribution in [-0.2, 0) is 6.18 Å². The average Bonchev–Trinajstić information content (AvgIpc) is 2.68. The summed E-state index contributed by atoms with van der Waals surface area (Å²) < 4.78 is 38.1. The molecule has 32 heavy (non-hydrogen) atoms. The standard InChI is InChI=1S/C19H16Cl3F3N4O3/c1-2-3-4-26-16(30)11-6-10(20)7-13(22)14(11)28-18(32)29-17(31)15-12(21)5-9(8-27-15)19(23,24)25/h5-8H,2-4H2,1H3,(H,26,30)(H2,28,29,31,32). The Bertz CT molecular complexity index is 1050. The van der Waals surface area contributed by atoms with Crippen molar-refractivity contribution in [2.24, 2.45) is 0 Å². The SMILES string of the molecule is CCCCNC(=O)c1cc(Cl)cc(Cl)c1NC(=O)NC(=O)c1ncc(C(F)(F)F)cc1Cl. The molecule has 0 unspecified atom stereocenters. The predicted molar refractivity (Wildman–Crippen MR) is 114 cm³/mol. The van der Waals surface area contributed by atoms with E-state index in [0.29, 0.717) is 18.8 Å². The number of benzene rings is 1. The number of aromatic nitrogens is 1. The van der Waals surface area contributed by atoms with Crippen molar-refractivity contribution in [1.29, 1.82) is 0 Å². The van der Waals surface area contributed by atoms with Crippen molar-refractivity contribution >= 4 is 58.3 Å². The van der Waals surface area contributed by atoms with Gasteiger partial charge in [0, 0.05) is 17.8 Å². The molecular formula is C19H16Cl3F3N4O3. The van der Waals surface area contributed by atoms with Gasteiger partial charge in [-0.1, -0.05) is 48.1 Å². The van der Waals surface area contributed by atoms with E-state index in [2.05, 4.69) is 15.6 Å². The van der Waals surface area contributed by atoms with E-state index in [9.17, 15) is 27.6 Å². The van der Waals surface area contributed by atoms with Crippen LogP contribution in [-0.4, -0.2) is 29.4 Å². The minimum atomic E-state index is -4.71. The van der Waals surface area contributed by atoms with E-state index in [0.717, 1.165) is 12.8 Å². The van der Waals surface area contributed by atoms with E-state index in [-0.39, 0.29) is 21.3 Å². The molecule has 1 aromatic carbocycles. The summed E-state index contributed by atoms with van der Waals surface area (Å²) in [5.74, 6) is -1.72. The second-order valence-electron chi connectivity index (χ2n) is 6.38. The van der Waals surface area contributed by atoms with Crippen molar-refractivity contribution in [2.75, 3.05) is 11.9 Å². The number of pyridine rings is 1. The summed E-state index contributed by atoms with van der Waals surface area (Å²) in [4.78, 5) is 40.3. The van der Waals surface area contributed by atoms with Crippen molar-refractivity contribution in [3.8, 4) is 0 Å². The molecule has 0 aliphatic rings. The van der Waals surface area contributed by atoms with Gasteiger partial charge < -0.3 is 10.6 Å². The molecule has 7 nitrogen and oxygen atoms in total. The van der Waals surface area contributed by atoms with E-state index in [1.807, 2.05) is 12.2 Å². The first kappa shape index (κ1) is 25.7. The van der Waals surface area contributed by atoms with Crippen LogP contribution in [0.2, 0.25) is 15.1 Å². The summed E-state index contributed by atoms with van der Waals surface area (Å²) in [6.07, 6.45) is -2.73. The maximum atomic E-state index is 12.7. The summed E-state index contributed by atoms with van der Waals surface area (Å²) in [6.45, 7) is 2.32. The molecule has 172 valence electrons. The fourth-order valence-electron chi connectivity index (χ4n) is 2.42. The van der Waals surface area contributed by atoms with Gasteiger partial charge in [0.2, 0.25) is 0 Å². The fraction of sp³-hybridized carbons (Fsp3) is 0.263. The van der Waals surface area contributed by atoms with Crippen LogP contribution < -0.4 is 16.0 Å². The van der Waals surface area contributed by atoms with Crippen LogP contribution in [0.25, 0.3) is 0 Å². The molecule has 0 spiro atoms. The van der Waals surface area contributed by atoms with Gasteiger partial charge in [-0.2, -0.15) is 13.2 Å². The Labute approximate surface area is 195 Å². The van der Waals surface area contributed by atoms with Gasteiger partial charge in [0.1, 0.15) is 5.69 Å². The molecule has 0 atom stereocenters. The van der Waals surface area contributed by atoms with Crippen LogP contribution in [0.4, 0.5) is 23.7 Å². The molecule has 0 saturated carbocycles. The smallest absolute Gasteiger partial charge is 0.352 e. The minimum absolute atomic E-state index is 0.0492. The Morgan fingerprint density at radius 1 is 1.03 bits per heavy atom. The number of unbranched alkanes of at least 4 members (excludes halogenated alkanes) is 1. The van der Waals surface area contributed by atoms with Crippen LogP contribution >= 0.6 is 34.8 Å². The topological polar surface area (TPSA) is 100 Å². The fourth-order valence-corrected chi connectivity index (χ4v) is 3.21. The number of amides is 4. The third-order valence-electron chi connectivity index (χ3n) is 3.96. The third kappa shape index (κ3) is 6.72. The van der Waals surface area contributed by atoms with Gasteiger partial charge in [-0.3, -0.25) is 14.9 Å². The Kier molecular flexibility index (Phi) is 8.71. The second kappa shape index (κ2) is 10.8. The predicted octanol–water partition coefficient (Wildman–Crippen LogP) is 5.55. The highest BCUT2D eigenvalue weighted by molar-refractivity contribution is 6.38. The minimum Gasteiger partial charge on any atom is -0.352 e. The molecule has 1 heterocycles. The second-order valence-corrected chi connectivity index (χ2v) is 7.63. The lowest BCUT2D eigenvalue weighted by atomic mass is 10.1. The summed E-state index contributed by atoms with van der Waals surface area (Å²) in [5.41, 5.74) is -1.93. The molecular weight excluding hydrogens is 496 g/mol. The molecule has 0 radical (unpaired) electrons. The molecule has 0 aliphatic heterocycles. The van der Waals surface area contributed by atoms with Gasteiger partial charge in [-0.25, -0.2) is 9.78 Å². The lowest BCUT2D eigenvalue weighted by molar-refractivity contribution is -0.137. The van der Waals surface area contributed by atoms with Crippen LogP contribution in [0.5, 0.6) is 0 Å². The van der Waals surface area contributed by atoms with Crippen LogP contribution in [0.1, 0.15) is 46.2 Å². The molecule has 3 N–H and O–H groups in total. The zero-order valence-corrected chi connectivity index (χ0v) is 18.6. The first-order valence-corrected chi connectivity index (χ1v) is 10.2. The number of carbonyl (C=O) groups excluding carboxylic acids is 3. The molecule has 4 amide bonds.